The highest BCUT2D eigenvalue weighted by atomic mass is 32.3. The summed E-state index contributed by atoms with van der Waals surface area (Å²) in [6.45, 7) is 9.85. The van der Waals surface area contributed by atoms with E-state index in [1.807, 2.05) is 27.7 Å². The van der Waals surface area contributed by atoms with Gasteiger partial charge in [0.15, 0.2) is 0 Å². The highest BCUT2D eigenvalue weighted by Crippen LogP contribution is 2.70. The Kier molecular flexibility index (Phi) is 8.18. The number of hydrogen-bond acceptors (Lipinski definition) is 9. The van der Waals surface area contributed by atoms with Gasteiger partial charge in [-0.1, -0.05) is 34.6 Å². The maximum atomic E-state index is 12.5. The van der Waals surface area contributed by atoms with Crippen molar-refractivity contribution in [3.05, 3.63) is 0 Å². The summed E-state index contributed by atoms with van der Waals surface area (Å²) < 4.78 is 38.3. The van der Waals surface area contributed by atoms with Crippen LogP contribution in [-0.4, -0.2) is 85.8 Å². The Bertz CT molecular complexity index is 975. The lowest BCUT2D eigenvalue weighted by molar-refractivity contribution is -0.318. The van der Waals surface area contributed by atoms with Crippen LogP contribution in [0, 0.1) is 46.3 Å². The third-order valence-corrected chi connectivity index (χ3v) is 12.0. The SMILES string of the molecule is CC(C)[C@@H](O)CC[C@@H](C)C1CC(O)C2C3(O)C(CC[C@]12C)[C@@]1(C)CC[C@H](O)C(O)C1[C@@H](OS(=O)(=O)O)[C@H]3O. The van der Waals surface area contributed by atoms with Crippen molar-refractivity contribution in [2.24, 2.45) is 46.3 Å². The van der Waals surface area contributed by atoms with Gasteiger partial charge in [0.25, 0.3) is 0 Å². The van der Waals surface area contributed by atoms with Gasteiger partial charge in [0, 0.05) is 11.8 Å². The molecule has 0 amide bonds. The van der Waals surface area contributed by atoms with Crippen molar-refractivity contribution < 1.29 is 47.8 Å². The number of rotatable bonds is 7. The van der Waals surface area contributed by atoms with E-state index in [4.69, 9.17) is 4.18 Å². The molecule has 222 valence electrons. The first-order chi connectivity index (χ1) is 17.4. The summed E-state index contributed by atoms with van der Waals surface area (Å²) in [4.78, 5) is 0. The van der Waals surface area contributed by atoms with Gasteiger partial charge in [-0.05, 0) is 79.4 Å². The fourth-order valence-electron chi connectivity index (χ4n) is 9.63. The standard InChI is InChI=1S/C27H48O10S/c1-13(2)16(28)7-6-14(3)15-12-18(30)23-25(15,4)11-9-19-26(5)10-8-17(29)21(31)20(26)22(37-38(34,35)36)24(32)27(19,23)33/h13-24,28-33H,6-12H2,1-5H3,(H,34,35,36)/t14-,15?,16+,17+,18?,19?,20?,21?,22-,23?,24-,25-,26-,27?/m1/s1. The van der Waals surface area contributed by atoms with E-state index in [0.717, 1.165) is 6.42 Å². The molecule has 14 atom stereocenters. The Balaban J connectivity index is 1.74. The molecule has 0 aromatic rings. The average molecular weight is 565 g/mol. The molecule has 4 aliphatic rings. The average Bonchev–Trinajstić information content (AvgIpc) is 3.08. The fourth-order valence-corrected chi connectivity index (χ4v) is 10.1. The van der Waals surface area contributed by atoms with E-state index in [9.17, 15) is 43.6 Å². The number of aliphatic hydroxyl groups is 6. The zero-order valence-corrected chi connectivity index (χ0v) is 24.0. The van der Waals surface area contributed by atoms with Crippen LogP contribution in [0.3, 0.4) is 0 Å². The van der Waals surface area contributed by atoms with Crippen LogP contribution in [0.25, 0.3) is 0 Å². The Labute approximate surface area is 226 Å². The number of fused-ring (bicyclic) bond motifs is 5. The first-order valence-electron chi connectivity index (χ1n) is 14.2. The van der Waals surface area contributed by atoms with Gasteiger partial charge >= 0.3 is 10.4 Å². The molecule has 38 heavy (non-hydrogen) atoms. The summed E-state index contributed by atoms with van der Waals surface area (Å²) in [6.07, 6.45) is -4.13. The van der Waals surface area contributed by atoms with E-state index in [1.54, 1.807) is 0 Å². The minimum Gasteiger partial charge on any atom is -0.393 e. The molecule has 10 nitrogen and oxygen atoms in total. The van der Waals surface area contributed by atoms with Crippen LogP contribution in [0.1, 0.15) is 79.6 Å². The Morgan fingerprint density at radius 2 is 1.55 bits per heavy atom. The van der Waals surface area contributed by atoms with Crippen molar-refractivity contribution in [1.82, 2.24) is 0 Å². The van der Waals surface area contributed by atoms with Gasteiger partial charge in [-0.2, -0.15) is 8.42 Å². The summed E-state index contributed by atoms with van der Waals surface area (Å²) in [7, 11) is -5.09. The van der Waals surface area contributed by atoms with Gasteiger partial charge < -0.3 is 30.6 Å². The molecule has 0 bridgehead atoms. The molecule has 0 radical (unpaired) electrons. The number of hydrogen-bond donors (Lipinski definition) is 7. The van der Waals surface area contributed by atoms with Crippen molar-refractivity contribution in [3.63, 3.8) is 0 Å². The second-order valence-corrected chi connectivity index (χ2v) is 14.8. The zero-order valence-electron chi connectivity index (χ0n) is 23.1. The van der Waals surface area contributed by atoms with Gasteiger partial charge in [-0.3, -0.25) is 4.55 Å². The van der Waals surface area contributed by atoms with E-state index < -0.39 is 81.2 Å². The molecule has 0 aromatic heterocycles. The molecule has 0 aliphatic heterocycles. The van der Waals surface area contributed by atoms with E-state index in [2.05, 4.69) is 6.92 Å². The molecule has 11 heteroatoms. The molecule has 7 N–H and O–H groups in total. The molecule has 0 spiro atoms. The Hall–Kier alpha value is -0.370. The zero-order chi connectivity index (χ0) is 28.6. The Morgan fingerprint density at radius 1 is 0.947 bits per heavy atom. The summed E-state index contributed by atoms with van der Waals surface area (Å²) in [5.74, 6) is -2.24. The van der Waals surface area contributed by atoms with Crippen LogP contribution in [0.2, 0.25) is 0 Å². The smallest absolute Gasteiger partial charge is 0.393 e. The Morgan fingerprint density at radius 3 is 2.13 bits per heavy atom. The van der Waals surface area contributed by atoms with E-state index >= 15 is 0 Å². The predicted octanol–water partition coefficient (Wildman–Crippen LogP) is 1.26. The van der Waals surface area contributed by atoms with Crippen molar-refractivity contribution in [2.45, 2.75) is 122 Å². The minimum atomic E-state index is -5.09. The lowest BCUT2D eigenvalue weighted by Crippen LogP contribution is -2.77. The van der Waals surface area contributed by atoms with Gasteiger partial charge in [0.05, 0.1) is 24.4 Å². The second kappa shape index (κ2) is 10.2. The maximum Gasteiger partial charge on any atom is 0.397 e. The topological polar surface area (TPSA) is 185 Å². The van der Waals surface area contributed by atoms with E-state index in [-0.39, 0.29) is 24.2 Å². The molecule has 0 aromatic carbocycles. The largest absolute Gasteiger partial charge is 0.397 e. The third-order valence-electron chi connectivity index (χ3n) is 11.5. The van der Waals surface area contributed by atoms with Gasteiger partial charge in [0.2, 0.25) is 0 Å². The van der Waals surface area contributed by atoms with E-state index in [0.29, 0.717) is 32.1 Å². The highest BCUT2D eigenvalue weighted by Gasteiger charge is 2.75. The second-order valence-electron chi connectivity index (χ2n) is 13.8. The van der Waals surface area contributed by atoms with Crippen LogP contribution in [0.5, 0.6) is 0 Å². The summed E-state index contributed by atoms with van der Waals surface area (Å²) in [5.41, 5.74) is -3.48. The van der Waals surface area contributed by atoms with Crippen molar-refractivity contribution in [3.8, 4) is 0 Å². The van der Waals surface area contributed by atoms with Crippen LogP contribution < -0.4 is 0 Å². The molecule has 7 unspecified atom stereocenters. The van der Waals surface area contributed by atoms with Gasteiger partial charge in [-0.25, -0.2) is 4.18 Å². The maximum absolute atomic E-state index is 12.5. The quantitative estimate of drug-likeness (QED) is 0.222. The molecular weight excluding hydrogens is 516 g/mol. The lowest BCUT2D eigenvalue weighted by Gasteiger charge is -2.68. The van der Waals surface area contributed by atoms with Crippen LogP contribution in [0.15, 0.2) is 0 Å². The lowest BCUT2D eigenvalue weighted by atomic mass is 9.40. The van der Waals surface area contributed by atoms with Crippen LogP contribution in [0.4, 0.5) is 0 Å². The fraction of sp³-hybridized carbons (Fsp3) is 1.00. The van der Waals surface area contributed by atoms with Gasteiger partial charge in [-0.15, -0.1) is 0 Å². The third kappa shape index (κ3) is 4.67. The van der Waals surface area contributed by atoms with Crippen molar-refractivity contribution in [2.75, 3.05) is 0 Å². The van der Waals surface area contributed by atoms with Gasteiger partial charge in [0.1, 0.15) is 17.8 Å². The molecule has 4 fully saturated rings. The summed E-state index contributed by atoms with van der Waals surface area (Å²) in [5, 5.41) is 67.5. The van der Waals surface area contributed by atoms with E-state index in [1.165, 1.54) is 0 Å². The first-order valence-corrected chi connectivity index (χ1v) is 15.5. The molecule has 0 heterocycles. The molecule has 4 aliphatic carbocycles. The monoisotopic (exact) mass is 564 g/mol. The molecular formula is C27H48O10S. The first kappa shape index (κ1) is 30.6. The summed E-state index contributed by atoms with van der Waals surface area (Å²) in [6, 6.07) is 0. The molecule has 4 saturated carbocycles. The normalized spacial score (nSPS) is 50.7. The summed E-state index contributed by atoms with van der Waals surface area (Å²) >= 11 is 0. The molecule has 4 rings (SSSR count). The minimum absolute atomic E-state index is 0.00993. The van der Waals surface area contributed by atoms with Crippen molar-refractivity contribution in [1.29, 1.82) is 0 Å². The van der Waals surface area contributed by atoms with Crippen LogP contribution in [-0.2, 0) is 14.6 Å². The molecule has 0 saturated heterocycles. The predicted molar refractivity (Wildman–Crippen MR) is 138 cm³/mol. The van der Waals surface area contributed by atoms with Crippen LogP contribution >= 0.6 is 0 Å². The van der Waals surface area contributed by atoms with Crippen molar-refractivity contribution >= 4 is 10.4 Å². The number of aliphatic hydroxyl groups excluding tert-OH is 5. The highest BCUT2D eigenvalue weighted by molar-refractivity contribution is 7.80.